The van der Waals surface area contributed by atoms with Gasteiger partial charge in [-0.15, -0.1) is 0 Å². The van der Waals surface area contributed by atoms with Crippen molar-refractivity contribution >= 4 is 11.9 Å². The topological polar surface area (TPSA) is 62.7 Å². The Kier molecular flexibility index (Phi) is 5.45. The van der Waals surface area contributed by atoms with E-state index < -0.39 is 0 Å². The summed E-state index contributed by atoms with van der Waals surface area (Å²) in [6, 6.07) is 0. The van der Waals surface area contributed by atoms with E-state index in [2.05, 4.69) is 9.88 Å². The number of nitrogens with zero attached hydrogens (tertiary/aromatic N) is 3. The van der Waals surface area contributed by atoms with E-state index in [0.29, 0.717) is 31.5 Å². The number of methoxy groups -OCH3 is 1. The van der Waals surface area contributed by atoms with E-state index in [1.165, 1.54) is 26.4 Å². The summed E-state index contributed by atoms with van der Waals surface area (Å²) in [4.78, 5) is 32.7. The monoisotopic (exact) mass is 331 g/mol. The summed E-state index contributed by atoms with van der Waals surface area (Å²) >= 11 is 0. The summed E-state index contributed by atoms with van der Waals surface area (Å²) in [7, 11) is 1.38. The predicted octanol–water partition coefficient (Wildman–Crippen LogP) is 1.63. The minimum atomic E-state index is -0.357. The SMILES string of the molecule is COC(=O)c1cncc2c1CCN(C(=O)CCN1CCCCC1)C2. The first-order valence-corrected chi connectivity index (χ1v) is 8.73. The first-order chi connectivity index (χ1) is 11.7. The van der Waals surface area contributed by atoms with Gasteiger partial charge in [0.1, 0.15) is 0 Å². The molecule has 0 radical (unpaired) electrons. The molecule has 0 spiro atoms. The molecule has 24 heavy (non-hydrogen) atoms. The second kappa shape index (κ2) is 7.75. The van der Waals surface area contributed by atoms with E-state index >= 15 is 0 Å². The standard InChI is InChI=1S/C18H25N3O3/c1-24-18(23)16-12-19-11-14-13-21(10-5-15(14)16)17(22)6-9-20-7-3-2-4-8-20/h11-12H,2-10,13H2,1H3. The Balaban J connectivity index is 1.60. The molecule has 130 valence electrons. The van der Waals surface area contributed by atoms with Gasteiger partial charge in [-0.05, 0) is 43.5 Å². The molecule has 1 aromatic rings. The number of hydrogen-bond acceptors (Lipinski definition) is 5. The van der Waals surface area contributed by atoms with Gasteiger partial charge in [0.25, 0.3) is 0 Å². The van der Waals surface area contributed by atoms with Crippen LogP contribution in [0.25, 0.3) is 0 Å². The molecule has 6 nitrogen and oxygen atoms in total. The fraction of sp³-hybridized carbons (Fsp3) is 0.611. The fourth-order valence-corrected chi connectivity index (χ4v) is 3.59. The maximum Gasteiger partial charge on any atom is 0.339 e. The van der Waals surface area contributed by atoms with Crippen LogP contribution in [0.5, 0.6) is 0 Å². The van der Waals surface area contributed by atoms with E-state index in [1.54, 1.807) is 12.4 Å². The molecule has 1 amide bonds. The van der Waals surface area contributed by atoms with Crippen molar-refractivity contribution in [2.24, 2.45) is 0 Å². The van der Waals surface area contributed by atoms with Crippen LogP contribution in [-0.2, 0) is 22.5 Å². The lowest BCUT2D eigenvalue weighted by molar-refractivity contribution is -0.132. The molecule has 0 aromatic carbocycles. The normalized spacial score (nSPS) is 18.1. The minimum Gasteiger partial charge on any atom is -0.465 e. The Labute approximate surface area is 142 Å². The lowest BCUT2D eigenvalue weighted by Gasteiger charge is -2.31. The number of carbonyl (C=O) groups is 2. The van der Waals surface area contributed by atoms with Crippen LogP contribution in [-0.4, -0.2) is 59.9 Å². The Morgan fingerprint density at radius 2 is 1.96 bits per heavy atom. The molecule has 2 aliphatic heterocycles. The predicted molar refractivity (Wildman–Crippen MR) is 89.6 cm³/mol. The Morgan fingerprint density at radius 1 is 1.17 bits per heavy atom. The van der Waals surface area contributed by atoms with E-state index in [4.69, 9.17) is 4.74 Å². The number of likely N-dealkylation sites (tertiary alicyclic amines) is 1. The van der Waals surface area contributed by atoms with Crippen LogP contribution < -0.4 is 0 Å². The largest absolute Gasteiger partial charge is 0.465 e. The number of aromatic nitrogens is 1. The van der Waals surface area contributed by atoms with E-state index in [0.717, 1.165) is 30.8 Å². The van der Waals surface area contributed by atoms with Gasteiger partial charge in [0, 0.05) is 38.4 Å². The summed E-state index contributed by atoms with van der Waals surface area (Å²) in [5.41, 5.74) is 2.45. The second-order valence-electron chi connectivity index (χ2n) is 6.53. The molecule has 2 aliphatic rings. The molecule has 6 heteroatoms. The molecule has 3 heterocycles. The third kappa shape index (κ3) is 3.75. The molecule has 3 rings (SSSR count). The van der Waals surface area contributed by atoms with Crippen molar-refractivity contribution in [2.75, 3.05) is 33.3 Å². The number of fused-ring (bicyclic) bond motifs is 1. The molecular formula is C18H25N3O3. The summed E-state index contributed by atoms with van der Waals surface area (Å²) in [5.74, 6) is -0.168. The first kappa shape index (κ1) is 16.9. The molecule has 1 aromatic heterocycles. The average molecular weight is 331 g/mol. The highest BCUT2D eigenvalue weighted by molar-refractivity contribution is 5.91. The molecule has 1 fully saturated rings. The Hall–Kier alpha value is -1.95. The van der Waals surface area contributed by atoms with E-state index in [1.807, 2.05) is 4.90 Å². The van der Waals surface area contributed by atoms with Gasteiger partial charge >= 0.3 is 5.97 Å². The number of hydrogen-bond donors (Lipinski definition) is 0. The van der Waals surface area contributed by atoms with Gasteiger partial charge in [0.2, 0.25) is 5.91 Å². The van der Waals surface area contributed by atoms with Gasteiger partial charge in [-0.2, -0.15) is 0 Å². The first-order valence-electron chi connectivity index (χ1n) is 8.73. The molecule has 0 bridgehead atoms. The van der Waals surface area contributed by atoms with Crippen molar-refractivity contribution < 1.29 is 14.3 Å². The van der Waals surface area contributed by atoms with Crippen LogP contribution in [0.1, 0.15) is 47.2 Å². The Morgan fingerprint density at radius 3 is 2.71 bits per heavy atom. The average Bonchev–Trinajstić information content (AvgIpc) is 2.65. The number of piperidine rings is 1. The molecule has 0 atom stereocenters. The zero-order valence-corrected chi connectivity index (χ0v) is 14.3. The maximum absolute atomic E-state index is 12.5. The molecule has 0 N–H and O–H groups in total. The van der Waals surface area contributed by atoms with Crippen LogP contribution in [0, 0.1) is 0 Å². The molecule has 0 saturated carbocycles. The summed E-state index contributed by atoms with van der Waals surface area (Å²) in [5, 5.41) is 0. The zero-order chi connectivity index (χ0) is 16.9. The van der Waals surface area contributed by atoms with Crippen molar-refractivity contribution in [2.45, 2.75) is 38.6 Å². The molecular weight excluding hydrogens is 306 g/mol. The quantitative estimate of drug-likeness (QED) is 0.785. The van der Waals surface area contributed by atoms with Crippen molar-refractivity contribution in [3.63, 3.8) is 0 Å². The maximum atomic E-state index is 12.5. The third-order valence-corrected chi connectivity index (χ3v) is 4.99. The third-order valence-electron chi connectivity index (χ3n) is 4.99. The summed E-state index contributed by atoms with van der Waals surface area (Å²) in [6.07, 6.45) is 8.35. The van der Waals surface area contributed by atoms with Gasteiger partial charge in [0.15, 0.2) is 0 Å². The smallest absolute Gasteiger partial charge is 0.339 e. The van der Waals surface area contributed by atoms with Gasteiger partial charge < -0.3 is 14.5 Å². The Bertz CT molecular complexity index is 612. The highest BCUT2D eigenvalue weighted by Gasteiger charge is 2.25. The second-order valence-corrected chi connectivity index (χ2v) is 6.53. The van der Waals surface area contributed by atoms with Crippen LogP contribution >= 0.6 is 0 Å². The lowest BCUT2D eigenvalue weighted by Crippen LogP contribution is -2.39. The highest BCUT2D eigenvalue weighted by Crippen LogP contribution is 2.22. The van der Waals surface area contributed by atoms with Crippen molar-refractivity contribution in [3.8, 4) is 0 Å². The van der Waals surface area contributed by atoms with Crippen LogP contribution in [0.3, 0.4) is 0 Å². The van der Waals surface area contributed by atoms with Gasteiger partial charge in [-0.3, -0.25) is 9.78 Å². The van der Waals surface area contributed by atoms with E-state index in [9.17, 15) is 9.59 Å². The van der Waals surface area contributed by atoms with Gasteiger partial charge in [-0.1, -0.05) is 6.42 Å². The number of rotatable bonds is 4. The number of amides is 1. The summed E-state index contributed by atoms with van der Waals surface area (Å²) in [6.45, 7) is 4.26. The van der Waals surface area contributed by atoms with Crippen molar-refractivity contribution in [1.82, 2.24) is 14.8 Å². The van der Waals surface area contributed by atoms with E-state index in [-0.39, 0.29) is 11.9 Å². The van der Waals surface area contributed by atoms with Gasteiger partial charge in [0.05, 0.1) is 12.7 Å². The number of ether oxygens (including phenoxy) is 1. The van der Waals surface area contributed by atoms with Crippen LogP contribution in [0.2, 0.25) is 0 Å². The molecule has 0 unspecified atom stereocenters. The minimum absolute atomic E-state index is 0.190. The lowest BCUT2D eigenvalue weighted by atomic mass is 9.97. The van der Waals surface area contributed by atoms with Crippen LogP contribution in [0.4, 0.5) is 0 Å². The zero-order valence-electron chi connectivity index (χ0n) is 14.3. The van der Waals surface area contributed by atoms with Crippen molar-refractivity contribution in [1.29, 1.82) is 0 Å². The molecule has 1 saturated heterocycles. The number of pyridine rings is 1. The molecule has 0 aliphatic carbocycles. The number of carbonyl (C=O) groups excluding carboxylic acids is 2. The highest BCUT2D eigenvalue weighted by atomic mass is 16.5. The summed E-state index contributed by atoms with van der Waals surface area (Å²) < 4.78 is 4.82. The fourth-order valence-electron chi connectivity index (χ4n) is 3.59. The number of esters is 1. The van der Waals surface area contributed by atoms with Crippen LogP contribution in [0.15, 0.2) is 12.4 Å². The van der Waals surface area contributed by atoms with Crippen molar-refractivity contribution in [3.05, 3.63) is 29.1 Å². The van der Waals surface area contributed by atoms with Gasteiger partial charge in [-0.25, -0.2) is 4.79 Å².